The van der Waals surface area contributed by atoms with Gasteiger partial charge in [0.25, 0.3) is 0 Å². The van der Waals surface area contributed by atoms with Gasteiger partial charge in [-0.1, -0.05) is 149 Å². The molecule has 0 aromatic heterocycles. The Labute approximate surface area is 210 Å². The molecule has 3 N–H and O–H groups in total. The van der Waals surface area contributed by atoms with E-state index in [9.17, 15) is 0 Å². The Bertz CT molecular complexity index is 302. The normalized spacial score (nSPS) is 12.3. The molecule has 0 aromatic carbocycles. The molecule has 0 aromatic rings. The summed E-state index contributed by atoms with van der Waals surface area (Å²) in [6.45, 7) is 6.83. The van der Waals surface area contributed by atoms with Gasteiger partial charge in [-0.05, 0) is 19.3 Å². The van der Waals surface area contributed by atoms with Crippen LogP contribution in [-0.2, 0) is 4.74 Å². The molecule has 196 valence electrons. The Kier molecular flexibility index (Phi) is 31.4. The summed E-state index contributed by atoms with van der Waals surface area (Å²) in [5.41, 5.74) is 4.24. The van der Waals surface area contributed by atoms with Crippen LogP contribution in [0.1, 0.15) is 175 Å². The average Bonchev–Trinajstić information content (AvgIpc) is 2.76. The van der Waals surface area contributed by atoms with Gasteiger partial charge in [-0.25, -0.2) is 0 Å². The second kappa shape index (κ2) is 29.2. The molecule has 0 spiro atoms. The standard InChI is InChI=1S/C29H61NO.ClH/c1-4-7-9-11-13-15-17-19-21-23-26-28(31-29(30)25-6-3)27-24-22-20-18-16-14-12-10-8-5-2;/h28-29H,4-27,30H2,1-3H3;1H. The zero-order valence-corrected chi connectivity index (χ0v) is 23.4. The fraction of sp³-hybridized carbons (Fsp3) is 1.00. The molecule has 1 atom stereocenters. The summed E-state index contributed by atoms with van der Waals surface area (Å²) < 4.78 is 6.34. The van der Waals surface area contributed by atoms with E-state index in [1.807, 2.05) is 0 Å². The summed E-state index contributed by atoms with van der Waals surface area (Å²) in [5, 5.41) is 0. The van der Waals surface area contributed by atoms with Crippen LogP contribution in [0, 0.1) is 0 Å². The molecule has 1 unspecified atom stereocenters. The average molecular weight is 476 g/mol. The molecule has 2 nitrogen and oxygen atoms in total. The molecule has 0 aliphatic carbocycles. The van der Waals surface area contributed by atoms with Gasteiger partial charge in [-0.15, -0.1) is 0 Å². The van der Waals surface area contributed by atoms with Crippen LogP contribution >= 0.6 is 0 Å². The number of hydrogen-bond acceptors (Lipinski definition) is 1. The van der Waals surface area contributed by atoms with Crippen LogP contribution in [0.15, 0.2) is 0 Å². The van der Waals surface area contributed by atoms with Crippen molar-refractivity contribution < 1.29 is 22.9 Å². The highest BCUT2D eigenvalue weighted by molar-refractivity contribution is 4.61. The lowest BCUT2D eigenvalue weighted by molar-refractivity contribution is -0.499. The number of quaternary nitrogens is 1. The Balaban J connectivity index is 0. The summed E-state index contributed by atoms with van der Waals surface area (Å²) in [5.74, 6) is 0. The largest absolute Gasteiger partial charge is 1.00 e. The van der Waals surface area contributed by atoms with Crippen molar-refractivity contribution in [2.45, 2.75) is 187 Å². The third kappa shape index (κ3) is 26.5. The fourth-order valence-electron chi connectivity index (χ4n) is 4.66. The summed E-state index contributed by atoms with van der Waals surface area (Å²) >= 11 is 0. The first-order chi connectivity index (χ1) is 15.2. The monoisotopic (exact) mass is 475 g/mol. The van der Waals surface area contributed by atoms with Crippen molar-refractivity contribution >= 4 is 0 Å². The van der Waals surface area contributed by atoms with Crippen molar-refractivity contribution in [3.63, 3.8) is 0 Å². The molecule has 0 saturated carbocycles. The maximum Gasteiger partial charge on any atom is 0.188 e. The van der Waals surface area contributed by atoms with Crippen LogP contribution in [-0.4, -0.2) is 12.3 Å². The highest BCUT2D eigenvalue weighted by atomic mass is 35.5. The Morgan fingerprint density at radius 3 is 1.06 bits per heavy atom. The van der Waals surface area contributed by atoms with E-state index < -0.39 is 0 Å². The maximum atomic E-state index is 6.34. The van der Waals surface area contributed by atoms with Crippen LogP contribution < -0.4 is 18.1 Å². The predicted molar refractivity (Wildman–Crippen MR) is 139 cm³/mol. The van der Waals surface area contributed by atoms with Gasteiger partial charge in [-0.2, -0.15) is 0 Å². The second-order valence-corrected chi connectivity index (χ2v) is 10.1. The summed E-state index contributed by atoms with van der Waals surface area (Å²) in [4.78, 5) is 0. The molecule has 0 heterocycles. The molecule has 0 aliphatic rings. The topological polar surface area (TPSA) is 36.9 Å². The minimum Gasteiger partial charge on any atom is -1.00 e. The summed E-state index contributed by atoms with van der Waals surface area (Å²) in [6.07, 6.45) is 33.7. The van der Waals surface area contributed by atoms with Gasteiger partial charge >= 0.3 is 0 Å². The lowest BCUT2D eigenvalue weighted by atomic mass is 10.0. The predicted octanol–water partition coefficient (Wildman–Crippen LogP) is 6.37. The summed E-state index contributed by atoms with van der Waals surface area (Å²) in [7, 11) is 0. The minimum absolute atomic E-state index is 0. The number of ether oxygens (including phenoxy) is 1. The molecule has 0 saturated heterocycles. The quantitative estimate of drug-likeness (QED) is 0.114. The van der Waals surface area contributed by atoms with Gasteiger partial charge in [0.05, 0.1) is 6.10 Å². The fourth-order valence-corrected chi connectivity index (χ4v) is 4.66. The number of unbranched alkanes of at least 4 members (excludes halogenated alkanes) is 18. The molecular weight excluding hydrogens is 414 g/mol. The van der Waals surface area contributed by atoms with Gasteiger partial charge in [0.2, 0.25) is 0 Å². The second-order valence-electron chi connectivity index (χ2n) is 10.1. The van der Waals surface area contributed by atoms with E-state index in [1.165, 1.54) is 148 Å². The number of rotatable bonds is 26. The first kappa shape index (κ1) is 34.4. The van der Waals surface area contributed by atoms with Gasteiger partial charge in [0, 0.05) is 6.42 Å². The van der Waals surface area contributed by atoms with Crippen molar-refractivity contribution in [2.24, 2.45) is 0 Å². The van der Waals surface area contributed by atoms with E-state index in [1.54, 1.807) is 0 Å². The highest BCUT2D eigenvalue weighted by Crippen LogP contribution is 2.19. The van der Waals surface area contributed by atoms with E-state index in [4.69, 9.17) is 4.74 Å². The smallest absolute Gasteiger partial charge is 0.188 e. The highest BCUT2D eigenvalue weighted by Gasteiger charge is 2.15. The third-order valence-electron chi connectivity index (χ3n) is 6.75. The lowest BCUT2D eigenvalue weighted by Crippen LogP contribution is -3.00. The van der Waals surface area contributed by atoms with Crippen LogP contribution in [0.5, 0.6) is 0 Å². The molecule has 0 radical (unpaired) electrons. The Morgan fingerprint density at radius 2 is 0.750 bits per heavy atom. The molecule has 0 fully saturated rings. The van der Waals surface area contributed by atoms with Crippen molar-refractivity contribution in [1.29, 1.82) is 0 Å². The van der Waals surface area contributed by atoms with Crippen LogP contribution in [0.2, 0.25) is 0 Å². The lowest BCUT2D eigenvalue weighted by Gasteiger charge is -2.20. The van der Waals surface area contributed by atoms with Crippen molar-refractivity contribution in [2.75, 3.05) is 0 Å². The van der Waals surface area contributed by atoms with E-state index in [0.717, 1.165) is 6.42 Å². The molecule has 32 heavy (non-hydrogen) atoms. The molecular formula is C29H62ClNO. The van der Waals surface area contributed by atoms with Gasteiger partial charge in [0.1, 0.15) is 0 Å². The van der Waals surface area contributed by atoms with E-state index in [0.29, 0.717) is 6.10 Å². The SMILES string of the molecule is CCCCCCCCCCCCC(CCCCCCCCCCCC)OC([NH3+])CCC.[Cl-]. The van der Waals surface area contributed by atoms with Gasteiger partial charge < -0.3 is 22.9 Å². The van der Waals surface area contributed by atoms with Crippen molar-refractivity contribution in [3.8, 4) is 0 Å². The zero-order valence-electron chi connectivity index (χ0n) is 22.6. The number of hydrogen-bond donors (Lipinski definition) is 1. The third-order valence-corrected chi connectivity index (χ3v) is 6.75. The van der Waals surface area contributed by atoms with E-state index in [-0.39, 0.29) is 18.6 Å². The maximum absolute atomic E-state index is 6.34. The van der Waals surface area contributed by atoms with Crippen molar-refractivity contribution in [1.82, 2.24) is 0 Å². The zero-order chi connectivity index (χ0) is 22.8. The van der Waals surface area contributed by atoms with Crippen LogP contribution in [0.25, 0.3) is 0 Å². The molecule has 0 bridgehead atoms. The van der Waals surface area contributed by atoms with Gasteiger partial charge in [-0.3, -0.25) is 0 Å². The Hall–Kier alpha value is 0.210. The van der Waals surface area contributed by atoms with Crippen LogP contribution in [0.4, 0.5) is 0 Å². The Morgan fingerprint density at radius 1 is 0.438 bits per heavy atom. The van der Waals surface area contributed by atoms with Crippen molar-refractivity contribution in [3.05, 3.63) is 0 Å². The molecule has 3 heteroatoms. The van der Waals surface area contributed by atoms with Gasteiger partial charge in [0.15, 0.2) is 6.23 Å². The molecule has 0 amide bonds. The minimum atomic E-state index is 0. The molecule has 0 aliphatic heterocycles. The first-order valence-corrected chi connectivity index (χ1v) is 14.7. The molecule has 0 rings (SSSR count). The number of halogens is 1. The summed E-state index contributed by atoms with van der Waals surface area (Å²) in [6, 6.07) is 0. The van der Waals surface area contributed by atoms with E-state index in [2.05, 4.69) is 26.5 Å². The van der Waals surface area contributed by atoms with Crippen LogP contribution in [0.3, 0.4) is 0 Å². The van der Waals surface area contributed by atoms with E-state index >= 15 is 0 Å². The first-order valence-electron chi connectivity index (χ1n) is 14.7.